The lowest BCUT2D eigenvalue weighted by atomic mass is 9.90. The summed E-state index contributed by atoms with van der Waals surface area (Å²) in [4.78, 5) is 41.2. The van der Waals surface area contributed by atoms with Crippen molar-refractivity contribution in [2.24, 2.45) is 11.8 Å². The van der Waals surface area contributed by atoms with Gasteiger partial charge in [0.25, 0.3) is 0 Å². The van der Waals surface area contributed by atoms with Crippen LogP contribution in [0.5, 0.6) is 0 Å². The number of carbonyl (C=O) groups excluding carboxylic acids is 3. The van der Waals surface area contributed by atoms with Gasteiger partial charge in [-0.2, -0.15) is 0 Å². The number of benzene rings is 3. The molecule has 0 bridgehead atoms. The SMILES string of the molecule is C=S(=O)(NCC)c1ccc(-c2ccc(C)cc2)cc1.CC(C)C[C@@H]1C(=O)NC(C2Cc3ccccc3C2)C(=O)N1CC(=O)NC(C)(C)C. The Morgan fingerprint density at radius 1 is 0.958 bits per heavy atom. The van der Waals surface area contributed by atoms with Crippen molar-refractivity contribution >= 4 is 33.3 Å². The van der Waals surface area contributed by atoms with Gasteiger partial charge in [-0.3, -0.25) is 14.4 Å². The molecule has 1 saturated heterocycles. The number of rotatable bonds is 9. The molecule has 2 unspecified atom stereocenters. The number of hydrogen-bond acceptors (Lipinski definition) is 4. The van der Waals surface area contributed by atoms with Gasteiger partial charge in [-0.15, -0.1) is 0 Å². The number of fused-ring (bicyclic) bond motifs is 1. The Bertz CT molecular complexity index is 1670. The van der Waals surface area contributed by atoms with Crippen molar-refractivity contribution in [3.05, 3.63) is 89.5 Å². The summed E-state index contributed by atoms with van der Waals surface area (Å²) in [5.41, 5.74) is 5.61. The summed E-state index contributed by atoms with van der Waals surface area (Å²) in [6.07, 6.45) is 2.07. The Morgan fingerprint density at radius 2 is 1.50 bits per heavy atom. The van der Waals surface area contributed by atoms with Gasteiger partial charge >= 0.3 is 0 Å². The molecule has 258 valence electrons. The van der Waals surface area contributed by atoms with Crippen molar-refractivity contribution in [1.82, 2.24) is 20.3 Å². The van der Waals surface area contributed by atoms with Crippen molar-refractivity contribution < 1.29 is 18.6 Å². The number of carbonyl (C=O) groups is 3. The molecule has 1 heterocycles. The van der Waals surface area contributed by atoms with Gasteiger partial charge in [-0.25, -0.2) is 8.93 Å². The second-order valence-corrected chi connectivity index (χ2v) is 16.5. The molecule has 48 heavy (non-hydrogen) atoms. The molecule has 8 nitrogen and oxygen atoms in total. The predicted molar refractivity (Wildman–Crippen MR) is 196 cm³/mol. The molecule has 1 aliphatic heterocycles. The zero-order chi connectivity index (χ0) is 35.2. The Hall–Kier alpha value is -3.95. The Labute approximate surface area is 287 Å². The monoisotopic (exact) mass is 672 g/mol. The second-order valence-electron chi connectivity index (χ2n) is 14.4. The van der Waals surface area contributed by atoms with Crippen LogP contribution in [0.3, 0.4) is 0 Å². The standard InChI is InChI=1S/C23H33N3O3.C16H19NOS/c1-14(2)10-18-21(28)24-20(17-11-15-8-6-7-9-16(15)12-17)22(29)26(18)13-19(27)25-23(3,4)5;1-4-17-19(3,18)16-11-9-15(10-12-16)14-7-5-13(2)6-8-14/h6-9,14,17-18,20H,10-13H2,1-5H3,(H,24,28)(H,25,27);5-12H,3-4H2,1-2H3,(H,17,18)/t18-,20?;/m1./s1. The maximum Gasteiger partial charge on any atom is 0.246 e. The van der Waals surface area contributed by atoms with Gasteiger partial charge in [-0.05, 0) is 99.1 Å². The zero-order valence-corrected chi connectivity index (χ0v) is 30.3. The highest BCUT2D eigenvalue weighted by Gasteiger charge is 2.45. The van der Waals surface area contributed by atoms with Crippen LogP contribution in [0.15, 0.2) is 77.7 Å². The predicted octanol–water partition coefficient (Wildman–Crippen LogP) is 5.32. The van der Waals surface area contributed by atoms with Crippen molar-refractivity contribution in [2.75, 3.05) is 13.1 Å². The van der Waals surface area contributed by atoms with E-state index in [1.807, 2.05) is 77.9 Å². The van der Waals surface area contributed by atoms with E-state index >= 15 is 0 Å². The van der Waals surface area contributed by atoms with Crippen LogP contribution in [0.1, 0.15) is 64.7 Å². The Balaban J connectivity index is 0.000000237. The first kappa shape index (κ1) is 36.9. The molecule has 3 N–H and O–H groups in total. The van der Waals surface area contributed by atoms with E-state index in [4.69, 9.17) is 0 Å². The molecule has 0 aromatic heterocycles. The molecule has 3 amide bonds. The maximum absolute atomic E-state index is 13.4. The molecule has 3 aromatic carbocycles. The van der Waals surface area contributed by atoms with Crippen molar-refractivity contribution in [2.45, 2.75) is 90.2 Å². The van der Waals surface area contributed by atoms with Crippen LogP contribution in [0.25, 0.3) is 11.1 Å². The number of piperazine rings is 1. The van der Waals surface area contributed by atoms with Gasteiger partial charge < -0.3 is 15.5 Å². The highest BCUT2D eigenvalue weighted by Crippen LogP contribution is 2.31. The van der Waals surface area contributed by atoms with E-state index in [0.29, 0.717) is 13.0 Å². The van der Waals surface area contributed by atoms with Crippen LogP contribution in [0, 0.1) is 18.8 Å². The first-order chi connectivity index (χ1) is 22.6. The lowest BCUT2D eigenvalue weighted by Gasteiger charge is -2.41. The van der Waals surface area contributed by atoms with Crippen LogP contribution in [-0.4, -0.2) is 63.4 Å². The zero-order valence-electron chi connectivity index (χ0n) is 29.5. The topological polar surface area (TPSA) is 108 Å². The summed E-state index contributed by atoms with van der Waals surface area (Å²) in [5, 5.41) is 5.90. The van der Waals surface area contributed by atoms with Crippen molar-refractivity contribution in [3.8, 4) is 11.1 Å². The minimum atomic E-state index is -2.37. The number of amides is 3. The summed E-state index contributed by atoms with van der Waals surface area (Å²) in [6, 6.07) is 23.1. The highest BCUT2D eigenvalue weighted by molar-refractivity contribution is 7.98. The normalized spacial score (nSPS) is 19.2. The Morgan fingerprint density at radius 3 is 2.00 bits per heavy atom. The molecule has 0 spiro atoms. The fraction of sp³-hybridized carbons (Fsp3) is 0.436. The summed E-state index contributed by atoms with van der Waals surface area (Å²) in [7, 11) is -2.37. The summed E-state index contributed by atoms with van der Waals surface area (Å²) < 4.78 is 15.2. The largest absolute Gasteiger partial charge is 0.350 e. The van der Waals surface area contributed by atoms with E-state index in [2.05, 4.69) is 64.5 Å². The van der Waals surface area contributed by atoms with Gasteiger partial charge in [0.2, 0.25) is 17.7 Å². The lowest BCUT2D eigenvalue weighted by molar-refractivity contribution is -0.153. The summed E-state index contributed by atoms with van der Waals surface area (Å²) in [5.74, 6) is 3.50. The molecule has 0 radical (unpaired) electrons. The van der Waals surface area contributed by atoms with Crippen LogP contribution in [0.2, 0.25) is 0 Å². The third-order valence-electron chi connectivity index (χ3n) is 8.60. The van der Waals surface area contributed by atoms with Crippen LogP contribution in [0.4, 0.5) is 0 Å². The molecule has 1 aliphatic carbocycles. The number of nitrogens with zero attached hydrogens (tertiary/aromatic N) is 1. The smallest absolute Gasteiger partial charge is 0.246 e. The van der Waals surface area contributed by atoms with Crippen molar-refractivity contribution in [1.29, 1.82) is 0 Å². The lowest BCUT2D eigenvalue weighted by Crippen LogP contribution is -2.67. The van der Waals surface area contributed by atoms with E-state index in [9.17, 15) is 18.6 Å². The van der Waals surface area contributed by atoms with E-state index in [-0.39, 0.29) is 36.1 Å². The molecule has 3 atom stereocenters. The molecule has 5 rings (SSSR count). The van der Waals surface area contributed by atoms with Gasteiger partial charge in [-0.1, -0.05) is 87.0 Å². The Kier molecular flexibility index (Phi) is 11.9. The fourth-order valence-corrected chi connectivity index (χ4v) is 7.55. The number of aryl methyl sites for hydroxylation is 1. The van der Waals surface area contributed by atoms with Crippen LogP contribution >= 0.6 is 0 Å². The fourth-order valence-electron chi connectivity index (χ4n) is 6.34. The van der Waals surface area contributed by atoms with E-state index in [1.54, 1.807) is 0 Å². The van der Waals surface area contributed by atoms with E-state index < -0.39 is 27.3 Å². The average molecular weight is 673 g/mol. The van der Waals surface area contributed by atoms with Gasteiger partial charge in [0.05, 0.1) is 9.71 Å². The maximum atomic E-state index is 13.4. The van der Waals surface area contributed by atoms with E-state index in [1.165, 1.54) is 21.6 Å². The third kappa shape index (κ3) is 9.57. The average Bonchev–Trinajstić information content (AvgIpc) is 3.44. The quantitative estimate of drug-likeness (QED) is 0.268. The van der Waals surface area contributed by atoms with Crippen LogP contribution < -0.4 is 15.4 Å². The molecule has 0 saturated carbocycles. The molecular formula is C39H52N4O4S. The molecule has 9 heteroatoms. The first-order valence-corrected chi connectivity index (χ1v) is 18.6. The summed E-state index contributed by atoms with van der Waals surface area (Å²) >= 11 is 0. The van der Waals surface area contributed by atoms with Gasteiger partial charge in [0.15, 0.2) is 0 Å². The molecule has 2 aliphatic rings. The molecule has 1 fully saturated rings. The van der Waals surface area contributed by atoms with E-state index in [0.717, 1.165) is 28.9 Å². The number of nitrogens with one attached hydrogen (secondary N) is 3. The third-order valence-corrected chi connectivity index (χ3v) is 10.4. The van der Waals surface area contributed by atoms with Gasteiger partial charge in [0, 0.05) is 17.0 Å². The minimum absolute atomic E-state index is 0.0250. The van der Waals surface area contributed by atoms with Gasteiger partial charge in [0.1, 0.15) is 18.6 Å². The molecular weight excluding hydrogens is 621 g/mol. The number of hydrogen-bond donors (Lipinski definition) is 3. The molecule has 3 aromatic rings. The minimum Gasteiger partial charge on any atom is -0.350 e. The first-order valence-electron chi connectivity index (χ1n) is 16.9. The van der Waals surface area contributed by atoms with Crippen LogP contribution in [-0.2, 0) is 36.9 Å². The highest BCUT2D eigenvalue weighted by atomic mass is 32.2. The summed E-state index contributed by atoms with van der Waals surface area (Å²) in [6.45, 7) is 14.3. The van der Waals surface area contributed by atoms with Crippen molar-refractivity contribution in [3.63, 3.8) is 0 Å². The second kappa shape index (κ2) is 15.5.